The number of fused-ring (bicyclic) bond motifs is 1. The maximum atomic E-state index is 5.63. The molecular formula is C17H27N5O2. The number of ether oxygens (including phenoxy) is 2. The van der Waals surface area contributed by atoms with Gasteiger partial charge in [-0.1, -0.05) is 13.3 Å². The Morgan fingerprint density at radius 2 is 2.29 bits per heavy atom. The summed E-state index contributed by atoms with van der Waals surface area (Å²) < 4.78 is 13.1. The summed E-state index contributed by atoms with van der Waals surface area (Å²) in [4.78, 5) is 13.3. The minimum absolute atomic E-state index is 0.416. The number of aryl methyl sites for hydroxylation is 1. The van der Waals surface area contributed by atoms with E-state index < -0.39 is 0 Å². The van der Waals surface area contributed by atoms with E-state index in [1.807, 2.05) is 4.57 Å². The Labute approximate surface area is 142 Å². The Balaban J connectivity index is 1.76. The maximum absolute atomic E-state index is 5.63. The van der Waals surface area contributed by atoms with Crippen LogP contribution in [-0.4, -0.2) is 46.3 Å². The fourth-order valence-corrected chi connectivity index (χ4v) is 3.10. The topological polar surface area (TPSA) is 74.1 Å². The summed E-state index contributed by atoms with van der Waals surface area (Å²) in [5, 5.41) is 3.47. The van der Waals surface area contributed by atoms with Crippen LogP contribution >= 0.6 is 0 Å². The first kappa shape index (κ1) is 17.0. The number of aromatic nitrogens is 4. The smallest absolute Gasteiger partial charge is 0.318 e. The van der Waals surface area contributed by atoms with Crippen LogP contribution in [0.4, 0.5) is 0 Å². The molecule has 0 amide bonds. The molecule has 0 bridgehead atoms. The van der Waals surface area contributed by atoms with Gasteiger partial charge in [-0.3, -0.25) is 4.57 Å². The second-order valence-corrected chi connectivity index (χ2v) is 6.31. The van der Waals surface area contributed by atoms with E-state index in [1.165, 1.54) is 12.8 Å². The van der Waals surface area contributed by atoms with Crippen molar-refractivity contribution in [3.05, 3.63) is 6.20 Å². The average molecular weight is 333 g/mol. The highest BCUT2D eigenvalue weighted by atomic mass is 16.5. The minimum Gasteiger partial charge on any atom is -0.468 e. The molecule has 0 aliphatic carbocycles. The minimum atomic E-state index is 0.416. The van der Waals surface area contributed by atoms with Crippen molar-refractivity contribution in [2.45, 2.75) is 45.6 Å². The molecule has 3 heterocycles. The van der Waals surface area contributed by atoms with E-state index in [0.717, 1.165) is 50.1 Å². The maximum Gasteiger partial charge on any atom is 0.318 e. The molecule has 0 aromatic carbocycles. The highest BCUT2D eigenvalue weighted by Gasteiger charge is 2.18. The Kier molecular flexibility index (Phi) is 5.85. The van der Waals surface area contributed by atoms with E-state index in [2.05, 4.69) is 27.2 Å². The Hall–Kier alpha value is -1.89. The highest BCUT2D eigenvalue weighted by Crippen LogP contribution is 2.23. The Morgan fingerprint density at radius 3 is 3.04 bits per heavy atom. The number of methoxy groups -OCH3 is 1. The molecule has 1 fully saturated rings. The molecule has 24 heavy (non-hydrogen) atoms. The van der Waals surface area contributed by atoms with E-state index in [9.17, 15) is 0 Å². The van der Waals surface area contributed by atoms with Crippen LogP contribution in [0.3, 0.4) is 0 Å². The molecule has 0 radical (unpaired) electrons. The molecule has 2 aromatic rings. The molecule has 132 valence electrons. The third-order valence-corrected chi connectivity index (χ3v) is 4.50. The van der Waals surface area contributed by atoms with Crippen LogP contribution in [0.5, 0.6) is 12.0 Å². The number of imidazole rings is 1. The van der Waals surface area contributed by atoms with Crippen molar-refractivity contribution in [2.75, 3.05) is 26.8 Å². The van der Waals surface area contributed by atoms with Crippen molar-refractivity contribution < 1.29 is 9.47 Å². The normalized spacial score (nSPS) is 18.0. The number of nitrogens with one attached hydrogen (secondary N) is 1. The van der Waals surface area contributed by atoms with Gasteiger partial charge in [0.25, 0.3) is 6.01 Å². The van der Waals surface area contributed by atoms with Crippen LogP contribution in [0.25, 0.3) is 11.2 Å². The molecule has 7 nitrogen and oxygen atoms in total. The van der Waals surface area contributed by atoms with Crippen molar-refractivity contribution in [1.82, 2.24) is 24.8 Å². The van der Waals surface area contributed by atoms with Gasteiger partial charge in [-0.2, -0.15) is 9.97 Å². The molecule has 1 N–H and O–H groups in total. The van der Waals surface area contributed by atoms with E-state index in [0.29, 0.717) is 24.5 Å². The molecule has 3 rings (SSSR count). The second-order valence-electron chi connectivity index (χ2n) is 6.31. The van der Waals surface area contributed by atoms with Gasteiger partial charge >= 0.3 is 6.01 Å². The first-order valence-corrected chi connectivity index (χ1v) is 8.92. The summed E-state index contributed by atoms with van der Waals surface area (Å²) in [5.41, 5.74) is 1.54. The van der Waals surface area contributed by atoms with E-state index in [1.54, 1.807) is 13.3 Å². The summed E-state index contributed by atoms with van der Waals surface area (Å²) in [6.45, 7) is 5.85. The summed E-state index contributed by atoms with van der Waals surface area (Å²) >= 11 is 0. The number of hydrogen-bond donors (Lipinski definition) is 1. The first-order chi connectivity index (χ1) is 11.8. The largest absolute Gasteiger partial charge is 0.468 e. The fourth-order valence-electron chi connectivity index (χ4n) is 3.10. The third-order valence-electron chi connectivity index (χ3n) is 4.50. The summed E-state index contributed by atoms with van der Waals surface area (Å²) in [5.74, 6) is 0.697. The lowest BCUT2D eigenvalue weighted by atomic mass is 9.96. The first-order valence-electron chi connectivity index (χ1n) is 8.92. The molecule has 2 aromatic heterocycles. The van der Waals surface area contributed by atoms with Gasteiger partial charge in [0.2, 0.25) is 0 Å². The van der Waals surface area contributed by atoms with E-state index in [4.69, 9.17) is 9.47 Å². The van der Waals surface area contributed by atoms with Crippen molar-refractivity contribution in [2.24, 2.45) is 5.92 Å². The monoisotopic (exact) mass is 333 g/mol. The molecular weight excluding hydrogens is 306 g/mol. The number of unbranched alkanes of at least 4 members (excludes halogenated alkanes) is 1. The zero-order valence-electron chi connectivity index (χ0n) is 14.6. The predicted molar refractivity (Wildman–Crippen MR) is 92.5 cm³/mol. The van der Waals surface area contributed by atoms with Gasteiger partial charge in [0, 0.05) is 6.54 Å². The van der Waals surface area contributed by atoms with Gasteiger partial charge in [0.15, 0.2) is 5.65 Å². The third kappa shape index (κ3) is 3.95. The number of rotatable bonds is 8. The van der Waals surface area contributed by atoms with Crippen molar-refractivity contribution in [3.63, 3.8) is 0 Å². The Bertz CT molecular complexity index is 652. The standard InChI is InChI=1S/C17H27N5O2/c1-3-4-10-24-16-19-12-14-15(21-16)22(17(20-14)23-2)9-7-13-6-5-8-18-11-13/h12-13,18H,3-11H2,1-2H3. The lowest BCUT2D eigenvalue weighted by Crippen LogP contribution is -2.30. The quantitative estimate of drug-likeness (QED) is 0.748. The highest BCUT2D eigenvalue weighted by molar-refractivity contribution is 5.71. The van der Waals surface area contributed by atoms with Crippen molar-refractivity contribution >= 4 is 11.2 Å². The number of hydrogen-bond acceptors (Lipinski definition) is 6. The van der Waals surface area contributed by atoms with Gasteiger partial charge in [-0.15, -0.1) is 0 Å². The molecule has 1 unspecified atom stereocenters. The van der Waals surface area contributed by atoms with Gasteiger partial charge in [0.05, 0.1) is 19.9 Å². The molecule has 1 atom stereocenters. The van der Waals surface area contributed by atoms with Gasteiger partial charge < -0.3 is 14.8 Å². The van der Waals surface area contributed by atoms with Crippen LogP contribution in [0, 0.1) is 5.92 Å². The predicted octanol–water partition coefficient (Wildman–Crippen LogP) is 2.40. The van der Waals surface area contributed by atoms with Gasteiger partial charge in [0.1, 0.15) is 5.52 Å². The van der Waals surface area contributed by atoms with Crippen molar-refractivity contribution in [1.29, 1.82) is 0 Å². The van der Waals surface area contributed by atoms with Gasteiger partial charge in [-0.25, -0.2) is 4.98 Å². The fraction of sp³-hybridized carbons (Fsp3) is 0.706. The molecule has 0 spiro atoms. The lowest BCUT2D eigenvalue weighted by Gasteiger charge is -2.22. The van der Waals surface area contributed by atoms with Crippen LogP contribution < -0.4 is 14.8 Å². The van der Waals surface area contributed by atoms with Crippen LogP contribution in [0.15, 0.2) is 6.20 Å². The molecule has 7 heteroatoms. The number of piperidine rings is 1. The summed E-state index contributed by atoms with van der Waals surface area (Å²) in [6, 6.07) is 1.01. The summed E-state index contributed by atoms with van der Waals surface area (Å²) in [6.07, 6.45) is 7.42. The SMILES string of the molecule is CCCCOc1ncc2nc(OC)n(CCC3CCCNC3)c2n1. The Morgan fingerprint density at radius 1 is 1.38 bits per heavy atom. The molecule has 1 saturated heterocycles. The molecule has 1 aliphatic rings. The molecule has 0 saturated carbocycles. The zero-order valence-corrected chi connectivity index (χ0v) is 14.6. The average Bonchev–Trinajstić information content (AvgIpc) is 2.98. The van der Waals surface area contributed by atoms with E-state index >= 15 is 0 Å². The number of nitrogens with zero attached hydrogens (tertiary/aromatic N) is 4. The zero-order chi connectivity index (χ0) is 16.8. The molecule has 1 aliphatic heterocycles. The second kappa shape index (κ2) is 8.28. The van der Waals surface area contributed by atoms with E-state index in [-0.39, 0.29) is 0 Å². The van der Waals surface area contributed by atoms with Crippen LogP contribution in [-0.2, 0) is 6.54 Å². The van der Waals surface area contributed by atoms with Crippen molar-refractivity contribution in [3.8, 4) is 12.0 Å². The van der Waals surface area contributed by atoms with Gasteiger partial charge in [-0.05, 0) is 44.7 Å². The lowest BCUT2D eigenvalue weighted by molar-refractivity contribution is 0.285. The summed E-state index contributed by atoms with van der Waals surface area (Å²) in [7, 11) is 1.64. The van der Waals surface area contributed by atoms with Crippen LogP contribution in [0.2, 0.25) is 0 Å². The van der Waals surface area contributed by atoms with Crippen LogP contribution in [0.1, 0.15) is 39.0 Å².